The van der Waals surface area contributed by atoms with Crippen LogP contribution in [0.2, 0.25) is 0 Å². The van der Waals surface area contributed by atoms with E-state index < -0.39 is 59.2 Å². The molecule has 11 nitrogen and oxygen atoms in total. The summed E-state index contributed by atoms with van der Waals surface area (Å²) in [6.45, 7) is 14.4. The van der Waals surface area contributed by atoms with Crippen LogP contribution in [-0.2, 0) is 24.0 Å². The zero-order valence-electron chi connectivity index (χ0n) is 25.2. The van der Waals surface area contributed by atoms with Crippen molar-refractivity contribution in [1.29, 1.82) is 0 Å². The lowest BCUT2D eigenvalue weighted by atomic mass is 9.94. The molecule has 0 rings (SSSR count). The van der Waals surface area contributed by atoms with Gasteiger partial charge in [-0.15, -0.1) is 0 Å². The Morgan fingerprint density at radius 3 is 1.85 bits per heavy atom. The Balaban J connectivity index is 5.67. The van der Waals surface area contributed by atoms with Gasteiger partial charge in [0.15, 0.2) is 0 Å². The predicted molar refractivity (Wildman–Crippen MR) is 157 cm³/mol. The Morgan fingerprint density at radius 2 is 1.38 bits per heavy atom. The Bertz CT molecular complexity index is 837. The molecule has 0 spiro atoms. The SMILES string of the molecule is CC[C@H](C)[C@H](N)C(=O)N[C@H](C(=O)NC(C)(C)C(=O)N[C@@H](CC(C)C)C(=O)N[C@@H](CCSC)C(N)=O)[C@@H](C)CC. The van der Waals surface area contributed by atoms with Crippen LogP contribution in [0.3, 0.4) is 0 Å². The molecule has 0 saturated carbocycles. The average molecular weight is 573 g/mol. The van der Waals surface area contributed by atoms with Crippen LogP contribution < -0.4 is 32.7 Å². The van der Waals surface area contributed by atoms with Gasteiger partial charge >= 0.3 is 0 Å². The molecule has 39 heavy (non-hydrogen) atoms. The van der Waals surface area contributed by atoms with Crippen molar-refractivity contribution in [3.63, 3.8) is 0 Å². The van der Waals surface area contributed by atoms with Crippen molar-refractivity contribution in [2.24, 2.45) is 29.2 Å². The molecule has 8 N–H and O–H groups in total. The maximum atomic E-state index is 13.3. The molecule has 0 bridgehead atoms. The summed E-state index contributed by atoms with van der Waals surface area (Å²) < 4.78 is 0. The first-order chi connectivity index (χ1) is 18.0. The van der Waals surface area contributed by atoms with Crippen molar-refractivity contribution in [1.82, 2.24) is 21.3 Å². The zero-order chi connectivity index (χ0) is 30.5. The van der Waals surface area contributed by atoms with Gasteiger partial charge in [0.25, 0.3) is 0 Å². The topological polar surface area (TPSA) is 186 Å². The van der Waals surface area contributed by atoms with E-state index >= 15 is 0 Å². The molecule has 12 heteroatoms. The number of nitrogens with one attached hydrogen (secondary N) is 4. The summed E-state index contributed by atoms with van der Waals surface area (Å²) in [6.07, 6.45) is 3.89. The number of rotatable bonds is 18. The zero-order valence-corrected chi connectivity index (χ0v) is 26.0. The fraction of sp³-hybridized carbons (Fsp3) is 0.815. The van der Waals surface area contributed by atoms with Gasteiger partial charge < -0.3 is 32.7 Å². The minimum absolute atomic E-state index is 0.0525. The summed E-state index contributed by atoms with van der Waals surface area (Å²) in [5.74, 6) is -2.30. The lowest BCUT2D eigenvalue weighted by Gasteiger charge is -2.32. The van der Waals surface area contributed by atoms with Crippen LogP contribution in [0, 0.1) is 17.8 Å². The molecule has 0 radical (unpaired) electrons. The number of amides is 5. The fourth-order valence-corrected chi connectivity index (χ4v) is 4.21. The van der Waals surface area contributed by atoms with Crippen molar-refractivity contribution in [2.75, 3.05) is 12.0 Å². The summed E-state index contributed by atoms with van der Waals surface area (Å²) in [5.41, 5.74) is 10.1. The van der Waals surface area contributed by atoms with Crippen molar-refractivity contribution < 1.29 is 24.0 Å². The van der Waals surface area contributed by atoms with E-state index in [1.54, 1.807) is 0 Å². The van der Waals surface area contributed by atoms with E-state index in [4.69, 9.17) is 11.5 Å². The third-order valence-corrected chi connectivity index (χ3v) is 7.60. The molecular formula is C27H52N6O5S. The third kappa shape index (κ3) is 12.6. The van der Waals surface area contributed by atoms with Crippen LogP contribution in [0.1, 0.15) is 81.1 Å². The molecule has 0 aliphatic rings. The van der Waals surface area contributed by atoms with Crippen molar-refractivity contribution in [2.45, 2.75) is 111 Å². The number of nitrogens with two attached hydrogens (primary N) is 2. The maximum absolute atomic E-state index is 13.3. The first-order valence-electron chi connectivity index (χ1n) is 13.8. The highest BCUT2D eigenvalue weighted by molar-refractivity contribution is 7.98. The highest BCUT2D eigenvalue weighted by Gasteiger charge is 2.37. The Labute approximate surface area is 238 Å². The van der Waals surface area contributed by atoms with Crippen LogP contribution in [0.5, 0.6) is 0 Å². The van der Waals surface area contributed by atoms with E-state index in [0.29, 0.717) is 31.4 Å². The smallest absolute Gasteiger partial charge is 0.245 e. The van der Waals surface area contributed by atoms with Gasteiger partial charge in [0.05, 0.1) is 6.04 Å². The van der Waals surface area contributed by atoms with Crippen molar-refractivity contribution in [3.8, 4) is 0 Å². The highest BCUT2D eigenvalue weighted by Crippen LogP contribution is 2.14. The van der Waals surface area contributed by atoms with Gasteiger partial charge in [0, 0.05) is 0 Å². The van der Waals surface area contributed by atoms with Gasteiger partial charge in [-0.1, -0.05) is 54.4 Å². The van der Waals surface area contributed by atoms with Gasteiger partial charge in [-0.05, 0) is 56.5 Å². The van der Waals surface area contributed by atoms with Gasteiger partial charge in [-0.2, -0.15) is 11.8 Å². The number of hydrogen-bond acceptors (Lipinski definition) is 7. The molecule has 0 heterocycles. The summed E-state index contributed by atoms with van der Waals surface area (Å²) in [6, 6.07) is -3.46. The van der Waals surface area contributed by atoms with Crippen LogP contribution in [0.25, 0.3) is 0 Å². The number of carbonyl (C=O) groups excluding carboxylic acids is 5. The van der Waals surface area contributed by atoms with Gasteiger partial charge in [-0.25, -0.2) is 0 Å². The van der Waals surface area contributed by atoms with Gasteiger partial charge in [-0.3, -0.25) is 24.0 Å². The van der Waals surface area contributed by atoms with Crippen molar-refractivity contribution >= 4 is 41.3 Å². The van der Waals surface area contributed by atoms with E-state index in [0.717, 1.165) is 0 Å². The molecule has 0 saturated heterocycles. The molecule has 5 amide bonds. The fourth-order valence-electron chi connectivity index (χ4n) is 3.74. The standard InChI is InChI=1S/C27H52N6O5S/c1-10-16(5)20(28)24(36)32-21(17(6)11-2)25(37)33-27(7,8)26(38)31-19(14-15(3)4)23(35)30-18(22(29)34)12-13-39-9/h15-21H,10-14,28H2,1-9H3,(H2,29,34)(H,30,35)(H,31,38)(H,32,36)(H,33,37)/t16-,17-,18-,19-,20-,21-/m0/s1. The van der Waals surface area contributed by atoms with Crippen LogP contribution in [0.15, 0.2) is 0 Å². The minimum atomic E-state index is -1.41. The quantitative estimate of drug-likeness (QED) is 0.142. The molecule has 0 fully saturated rings. The second-order valence-electron chi connectivity index (χ2n) is 11.3. The molecule has 226 valence electrons. The number of carbonyl (C=O) groups is 5. The first kappa shape index (κ1) is 36.7. The largest absolute Gasteiger partial charge is 0.368 e. The number of thioether (sulfide) groups is 1. The molecule has 0 unspecified atom stereocenters. The third-order valence-electron chi connectivity index (χ3n) is 6.96. The number of primary amides is 1. The van der Waals surface area contributed by atoms with Gasteiger partial charge in [0.1, 0.15) is 23.7 Å². The highest BCUT2D eigenvalue weighted by atomic mass is 32.2. The minimum Gasteiger partial charge on any atom is -0.368 e. The summed E-state index contributed by atoms with van der Waals surface area (Å²) in [4.78, 5) is 64.2. The monoisotopic (exact) mass is 572 g/mol. The molecule has 0 aromatic carbocycles. The Morgan fingerprint density at radius 1 is 0.821 bits per heavy atom. The predicted octanol–water partition coefficient (Wildman–Crippen LogP) is 1.04. The summed E-state index contributed by atoms with van der Waals surface area (Å²) >= 11 is 1.52. The van der Waals surface area contributed by atoms with Crippen molar-refractivity contribution in [3.05, 3.63) is 0 Å². The second-order valence-corrected chi connectivity index (χ2v) is 12.3. The first-order valence-corrected chi connectivity index (χ1v) is 15.2. The van der Waals surface area contributed by atoms with Crippen LogP contribution in [0.4, 0.5) is 0 Å². The summed E-state index contributed by atoms with van der Waals surface area (Å²) in [5, 5.41) is 10.9. The second kappa shape index (κ2) is 17.4. The molecule has 0 aliphatic carbocycles. The molecule has 0 aromatic heterocycles. The van der Waals surface area contributed by atoms with E-state index in [1.165, 1.54) is 25.6 Å². The molecule has 0 aliphatic heterocycles. The van der Waals surface area contributed by atoms with Crippen LogP contribution in [-0.4, -0.2) is 71.3 Å². The van der Waals surface area contributed by atoms with E-state index in [2.05, 4.69) is 21.3 Å². The average Bonchev–Trinajstić information content (AvgIpc) is 2.86. The van der Waals surface area contributed by atoms with Crippen LogP contribution >= 0.6 is 11.8 Å². The maximum Gasteiger partial charge on any atom is 0.245 e. The normalized spacial score (nSPS) is 16.3. The number of hydrogen-bond donors (Lipinski definition) is 6. The molecule has 6 atom stereocenters. The molecular weight excluding hydrogens is 520 g/mol. The van der Waals surface area contributed by atoms with E-state index in [1.807, 2.05) is 47.8 Å². The Hall–Kier alpha value is -2.34. The lowest BCUT2D eigenvalue weighted by molar-refractivity contribution is -0.137. The van der Waals surface area contributed by atoms with E-state index in [-0.39, 0.29) is 17.8 Å². The Kier molecular flexibility index (Phi) is 16.3. The van der Waals surface area contributed by atoms with E-state index in [9.17, 15) is 24.0 Å². The summed E-state index contributed by atoms with van der Waals surface area (Å²) in [7, 11) is 0. The molecule has 0 aromatic rings. The lowest BCUT2D eigenvalue weighted by Crippen LogP contribution is -2.63. The van der Waals surface area contributed by atoms with Gasteiger partial charge in [0.2, 0.25) is 29.5 Å².